The summed E-state index contributed by atoms with van der Waals surface area (Å²) >= 11 is 0. The van der Waals surface area contributed by atoms with Gasteiger partial charge in [-0.05, 0) is 17.7 Å². The molecule has 0 spiro atoms. The second-order valence-corrected chi connectivity index (χ2v) is 7.21. The molecule has 1 aliphatic heterocycles. The number of nitrogens with zero attached hydrogens (tertiary/aromatic N) is 3. The molecule has 2 N–H and O–H groups in total. The van der Waals surface area contributed by atoms with Crippen LogP contribution in [0.15, 0.2) is 59.4 Å². The van der Waals surface area contributed by atoms with E-state index in [0.29, 0.717) is 26.1 Å². The molecule has 0 saturated carbocycles. The minimum atomic E-state index is -0.0933. The van der Waals surface area contributed by atoms with Crippen LogP contribution in [0.3, 0.4) is 0 Å². The van der Waals surface area contributed by atoms with Gasteiger partial charge in [0, 0.05) is 45.1 Å². The molecular weight excluding hydrogens is 376 g/mol. The lowest BCUT2D eigenvalue weighted by atomic mass is 9.95. The second kappa shape index (κ2) is 8.20. The van der Waals surface area contributed by atoms with E-state index in [2.05, 4.69) is 12.1 Å². The summed E-state index contributed by atoms with van der Waals surface area (Å²) in [7, 11) is 1.76. The predicted molar refractivity (Wildman–Crippen MR) is 113 cm³/mol. The second-order valence-electron chi connectivity index (χ2n) is 7.21. The third kappa shape index (κ3) is 3.57. The van der Waals surface area contributed by atoms with Gasteiger partial charge in [-0.2, -0.15) is 0 Å². The fraction of sp³-hybridized carbons (Fsp3) is 0.333. The first-order valence-corrected chi connectivity index (χ1v) is 9.29. The lowest BCUT2D eigenvalue weighted by Gasteiger charge is -2.16. The van der Waals surface area contributed by atoms with Crippen molar-refractivity contribution in [2.24, 2.45) is 12.8 Å². The van der Waals surface area contributed by atoms with Gasteiger partial charge in [-0.3, -0.25) is 13.9 Å². The van der Waals surface area contributed by atoms with E-state index in [4.69, 9.17) is 5.73 Å². The number of aryl methyl sites for hydroxylation is 2. The summed E-state index contributed by atoms with van der Waals surface area (Å²) in [6.45, 7) is 1.57. The van der Waals surface area contributed by atoms with Crippen LogP contribution < -0.4 is 11.4 Å². The lowest BCUT2D eigenvalue weighted by Crippen LogP contribution is -2.33. The van der Waals surface area contributed by atoms with Crippen molar-refractivity contribution in [3.63, 3.8) is 0 Å². The number of fused-ring (bicyclic) bond motifs is 1. The zero-order valence-corrected chi connectivity index (χ0v) is 16.6. The number of imidazole rings is 1. The van der Waals surface area contributed by atoms with Crippen molar-refractivity contribution in [3.05, 3.63) is 70.6 Å². The summed E-state index contributed by atoms with van der Waals surface area (Å²) in [4.78, 5) is 27.1. The van der Waals surface area contributed by atoms with Crippen molar-refractivity contribution in [2.75, 3.05) is 13.1 Å². The molecule has 1 amide bonds. The zero-order valence-electron chi connectivity index (χ0n) is 15.8. The van der Waals surface area contributed by atoms with Gasteiger partial charge in [0.05, 0.1) is 11.0 Å². The van der Waals surface area contributed by atoms with E-state index in [-0.39, 0.29) is 36.0 Å². The normalized spacial score (nSPS) is 19.0. The maximum Gasteiger partial charge on any atom is 0.328 e. The average Bonchev–Trinajstić information content (AvgIpc) is 3.20. The first-order valence-electron chi connectivity index (χ1n) is 9.29. The molecule has 2 aromatic carbocycles. The zero-order chi connectivity index (χ0) is 19.0. The fourth-order valence-electron chi connectivity index (χ4n) is 4.03. The summed E-state index contributed by atoms with van der Waals surface area (Å²) in [5, 5.41) is 0. The van der Waals surface area contributed by atoms with Crippen LogP contribution in [0.4, 0.5) is 0 Å². The Morgan fingerprint density at radius 1 is 1.04 bits per heavy atom. The number of hydrogen-bond donors (Lipinski definition) is 1. The maximum absolute atomic E-state index is 12.7. The molecule has 7 heteroatoms. The molecule has 148 valence electrons. The van der Waals surface area contributed by atoms with Crippen LogP contribution in [0.1, 0.15) is 17.9 Å². The highest BCUT2D eigenvalue weighted by Crippen LogP contribution is 2.26. The Bertz CT molecular complexity index is 1030. The quantitative estimate of drug-likeness (QED) is 0.728. The third-order valence-corrected chi connectivity index (χ3v) is 5.55. The van der Waals surface area contributed by atoms with Crippen LogP contribution in [0.25, 0.3) is 11.0 Å². The molecule has 1 saturated heterocycles. The summed E-state index contributed by atoms with van der Waals surface area (Å²) in [5.74, 6) is 0.208. The molecule has 1 aromatic heterocycles. The van der Waals surface area contributed by atoms with Gasteiger partial charge in [-0.25, -0.2) is 4.79 Å². The van der Waals surface area contributed by atoms with Gasteiger partial charge < -0.3 is 10.6 Å². The Labute approximate surface area is 170 Å². The van der Waals surface area contributed by atoms with Crippen LogP contribution >= 0.6 is 12.4 Å². The SMILES string of the molecule is Cl.Cn1c(=O)n(CCC(=O)N2C[C@@H](N)[C@H](c3ccccc3)C2)c2ccccc21. The number of hydrogen-bond acceptors (Lipinski definition) is 3. The van der Waals surface area contributed by atoms with Crippen molar-refractivity contribution in [1.29, 1.82) is 0 Å². The lowest BCUT2D eigenvalue weighted by molar-refractivity contribution is -0.130. The van der Waals surface area contributed by atoms with Gasteiger partial charge in [-0.15, -0.1) is 12.4 Å². The van der Waals surface area contributed by atoms with Crippen LogP contribution in [0.5, 0.6) is 0 Å². The van der Waals surface area contributed by atoms with E-state index in [1.165, 1.54) is 5.56 Å². The number of carbonyl (C=O) groups excluding carboxylic acids is 1. The van der Waals surface area contributed by atoms with Crippen LogP contribution in [0.2, 0.25) is 0 Å². The molecule has 0 radical (unpaired) electrons. The standard InChI is InChI=1S/C21H24N4O2.ClH/c1-23-18-9-5-6-10-19(18)25(21(23)27)12-11-20(26)24-13-16(17(22)14-24)15-7-3-2-4-8-15;/h2-10,16-17H,11-14,22H2,1H3;1H/t16-,17+;/m0./s1. The van der Waals surface area contributed by atoms with Gasteiger partial charge in [0.1, 0.15) is 0 Å². The number of benzene rings is 2. The number of aromatic nitrogens is 2. The predicted octanol–water partition coefficient (Wildman–Crippen LogP) is 2.11. The molecule has 0 aliphatic carbocycles. The number of rotatable bonds is 4. The Morgan fingerprint density at radius 3 is 2.39 bits per heavy atom. The maximum atomic E-state index is 12.7. The summed E-state index contributed by atoms with van der Waals surface area (Å²) < 4.78 is 3.30. The van der Waals surface area contributed by atoms with Gasteiger partial charge in [0.2, 0.25) is 5.91 Å². The third-order valence-electron chi connectivity index (χ3n) is 5.55. The number of nitrogens with two attached hydrogens (primary N) is 1. The van der Waals surface area contributed by atoms with Gasteiger partial charge in [-0.1, -0.05) is 42.5 Å². The average molecular weight is 401 g/mol. The molecule has 1 fully saturated rings. The van der Waals surface area contributed by atoms with Gasteiger partial charge in [0.25, 0.3) is 0 Å². The Kier molecular flexibility index (Phi) is 5.91. The molecule has 2 atom stereocenters. The van der Waals surface area contributed by atoms with E-state index in [9.17, 15) is 9.59 Å². The van der Waals surface area contributed by atoms with E-state index in [1.807, 2.05) is 47.4 Å². The molecule has 4 rings (SSSR count). The Hall–Kier alpha value is -2.57. The van der Waals surface area contributed by atoms with Crippen LogP contribution in [-0.4, -0.2) is 39.1 Å². The summed E-state index contributed by atoms with van der Waals surface area (Å²) in [6, 6.07) is 17.7. The van der Waals surface area contributed by atoms with Crippen LogP contribution in [-0.2, 0) is 18.4 Å². The number of halogens is 1. The Balaban J connectivity index is 0.00000225. The minimum Gasteiger partial charge on any atom is -0.340 e. The van der Waals surface area contributed by atoms with E-state index in [0.717, 1.165) is 11.0 Å². The highest BCUT2D eigenvalue weighted by Gasteiger charge is 2.33. The molecule has 0 unspecified atom stereocenters. The van der Waals surface area contributed by atoms with Gasteiger partial charge in [0.15, 0.2) is 0 Å². The minimum absolute atomic E-state index is 0. The molecule has 6 nitrogen and oxygen atoms in total. The molecule has 2 heterocycles. The molecule has 28 heavy (non-hydrogen) atoms. The smallest absolute Gasteiger partial charge is 0.328 e. The number of para-hydroxylation sites is 2. The van der Waals surface area contributed by atoms with Crippen molar-refractivity contribution in [3.8, 4) is 0 Å². The van der Waals surface area contributed by atoms with Crippen molar-refractivity contribution in [2.45, 2.75) is 24.9 Å². The fourth-order valence-corrected chi connectivity index (χ4v) is 4.03. The van der Waals surface area contributed by atoms with Crippen molar-refractivity contribution in [1.82, 2.24) is 14.0 Å². The van der Waals surface area contributed by atoms with E-state index >= 15 is 0 Å². The van der Waals surface area contributed by atoms with Crippen molar-refractivity contribution >= 4 is 29.3 Å². The first kappa shape index (κ1) is 20.2. The molecule has 0 bridgehead atoms. The van der Waals surface area contributed by atoms with Crippen molar-refractivity contribution < 1.29 is 4.79 Å². The van der Waals surface area contributed by atoms with E-state index in [1.54, 1.807) is 16.2 Å². The van der Waals surface area contributed by atoms with Crippen LogP contribution in [0, 0.1) is 0 Å². The largest absolute Gasteiger partial charge is 0.340 e. The first-order chi connectivity index (χ1) is 13.1. The summed E-state index contributed by atoms with van der Waals surface area (Å²) in [5.41, 5.74) is 9.11. The molecular formula is C21H25ClN4O2. The monoisotopic (exact) mass is 400 g/mol. The molecule has 1 aliphatic rings. The topological polar surface area (TPSA) is 73.3 Å². The Morgan fingerprint density at radius 2 is 1.68 bits per heavy atom. The number of carbonyl (C=O) groups is 1. The van der Waals surface area contributed by atoms with E-state index < -0.39 is 0 Å². The number of likely N-dealkylation sites (tertiary alicyclic amines) is 1. The molecule has 3 aromatic rings. The summed E-state index contributed by atoms with van der Waals surface area (Å²) in [6.07, 6.45) is 0.294. The highest BCUT2D eigenvalue weighted by atomic mass is 35.5. The van der Waals surface area contributed by atoms with Gasteiger partial charge >= 0.3 is 5.69 Å². The highest BCUT2D eigenvalue weighted by molar-refractivity contribution is 5.85. The number of amides is 1.